The van der Waals surface area contributed by atoms with Crippen molar-refractivity contribution in [2.24, 2.45) is 0 Å². The second-order valence-electron chi connectivity index (χ2n) is 3.88. The third-order valence-corrected chi connectivity index (χ3v) is 2.57. The average Bonchev–Trinajstić information content (AvgIpc) is 2.33. The highest BCUT2D eigenvalue weighted by molar-refractivity contribution is 5.45. The third-order valence-electron chi connectivity index (χ3n) is 2.57. The van der Waals surface area contributed by atoms with E-state index < -0.39 is 24.6 Å². The summed E-state index contributed by atoms with van der Waals surface area (Å²) in [6.45, 7) is 0.502. The Morgan fingerprint density at radius 1 is 1.47 bits per heavy atom. The SMILES string of the molecule is O=CNCCCOC1CC(O)C(O)C(CO)O1. The van der Waals surface area contributed by atoms with Gasteiger partial charge in [-0.05, 0) is 6.42 Å². The first-order valence-corrected chi connectivity index (χ1v) is 5.60. The number of carbonyl (C=O) groups is 1. The Labute approximate surface area is 99.3 Å². The summed E-state index contributed by atoms with van der Waals surface area (Å²) < 4.78 is 10.6. The molecule has 4 N–H and O–H groups in total. The predicted octanol–water partition coefficient (Wildman–Crippen LogP) is -2.03. The van der Waals surface area contributed by atoms with Gasteiger partial charge in [0.05, 0.1) is 19.3 Å². The number of rotatable bonds is 7. The fraction of sp³-hybridized carbons (Fsp3) is 0.900. The van der Waals surface area contributed by atoms with Crippen LogP contribution in [0.3, 0.4) is 0 Å². The molecule has 7 nitrogen and oxygen atoms in total. The molecule has 0 aliphatic carbocycles. The number of aliphatic hydroxyl groups is 3. The normalized spacial score (nSPS) is 33.4. The van der Waals surface area contributed by atoms with Crippen LogP contribution in [0.2, 0.25) is 0 Å². The summed E-state index contributed by atoms with van der Waals surface area (Å²) >= 11 is 0. The van der Waals surface area contributed by atoms with Crippen molar-refractivity contribution in [3.8, 4) is 0 Å². The van der Waals surface area contributed by atoms with Gasteiger partial charge in [0.2, 0.25) is 6.41 Å². The number of carbonyl (C=O) groups excluding carboxylic acids is 1. The molecule has 1 amide bonds. The minimum Gasteiger partial charge on any atom is -0.394 e. The molecule has 0 aromatic carbocycles. The number of ether oxygens (including phenoxy) is 2. The minimum atomic E-state index is -1.09. The fourth-order valence-corrected chi connectivity index (χ4v) is 1.62. The quantitative estimate of drug-likeness (QED) is 0.306. The van der Waals surface area contributed by atoms with E-state index in [0.717, 1.165) is 0 Å². The van der Waals surface area contributed by atoms with Crippen LogP contribution in [0.15, 0.2) is 0 Å². The van der Waals surface area contributed by atoms with E-state index in [0.29, 0.717) is 26.0 Å². The number of aliphatic hydroxyl groups excluding tert-OH is 3. The Morgan fingerprint density at radius 3 is 2.88 bits per heavy atom. The van der Waals surface area contributed by atoms with Crippen molar-refractivity contribution >= 4 is 6.41 Å². The Bertz CT molecular complexity index is 227. The highest BCUT2D eigenvalue weighted by atomic mass is 16.7. The van der Waals surface area contributed by atoms with Crippen LogP contribution in [0.4, 0.5) is 0 Å². The number of amides is 1. The Hall–Kier alpha value is -0.730. The molecule has 7 heteroatoms. The zero-order valence-electron chi connectivity index (χ0n) is 9.49. The van der Waals surface area contributed by atoms with Gasteiger partial charge in [-0.3, -0.25) is 4.79 Å². The van der Waals surface area contributed by atoms with E-state index >= 15 is 0 Å². The van der Waals surface area contributed by atoms with E-state index in [9.17, 15) is 15.0 Å². The minimum absolute atomic E-state index is 0.165. The largest absolute Gasteiger partial charge is 0.394 e. The average molecular weight is 249 g/mol. The lowest BCUT2D eigenvalue weighted by Crippen LogP contribution is -2.50. The van der Waals surface area contributed by atoms with Crippen molar-refractivity contribution in [1.82, 2.24) is 5.32 Å². The number of hydrogen-bond donors (Lipinski definition) is 4. The van der Waals surface area contributed by atoms with Gasteiger partial charge in [0, 0.05) is 13.0 Å². The summed E-state index contributed by atoms with van der Waals surface area (Å²) in [6.07, 6.45) is -2.10. The first-order chi connectivity index (χ1) is 8.19. The molecular weight excluding hydrogens is 230 g/mol. The van der Waals surface area contributed by atoms with Gasteiger partial charge in [0.15, 0.2) is 6.29 Å². The maximum atomic E-state index is 9.97. The van der Waals surface area contributed by atoms with E-state index in [4.69, 9.17) is 14.6 Å². The molecule has 0 aromatic heterocycles. The molecule has 1 fully saturated rings. The Morgan fingerprint density at radius 2 is 2.24 bits per heavy atom. The summed E-state index contributed by atoms with van der Waals surface area (Å²) in [7, 11) is 0. The highest BCUT2D eigenvalue weighted by Crippen LogP contribution is 2.21. The molecule has 1 saturated heterocycles. The van der Waals surface area contributed by atoms with E-state index in [1.165, 1.54) is 0 Å². The molecule has 4 atom stereocenters. The van der Waals surface area contributed by atoms with Gasteiger partial charge in [-0.2, -0.15) is 0 Å². The van der Waals surface area contributed by atoms with Crippen molar-refractivity contribution in [1.29, 1.82) is 0 Å². The molecule has 0 saturated carbocycles. The molecule has 1 heterocycles. The van der Waals surface area contributed by atoms with E-state index in [1.807, 2.05) is 0 Å². The molecule has 0 spiro atoms. The standard InChI is InChI=1S/C10H19NO6/c12-5-8-10(15)7(14)4-9(17-8)16-3-1-2-11-6-13/h6-10,12,14-15H,1-5H2,(H,11,13). The van der Waals surface area contributed by atoms with E-state index in [2.05, 4.69) is 5.32 Å². The van der Waals surface area contributed by atoms with Crippen molar-refractivity contribution in [2.75, 3.05) is 19.8 Å². The summed E-state index contributed by atoms with van der Waals surface area (Å²) in [4.78, 5) is 9.97. The first kappa shape index (κ1) is 14.3. The van der Waals surface area contributed by atoms with Crippen LogP contribution in [0.25, 0.3) is 0 Å². The van der Waals surface area contributed by atoms with Gasteiger partial charge in [0.25, 0.3) is 0 Å². The zero-order chi connectivity index (χ0) is 12.7. The van der Waals surface area contributed by atoms with Crippen LogP contribution in [-0.4, -0.2) is 66.1 Å². The van der Waals surface area contributed by atoms with Gasteiger partial charge in [0.1, 0.15) is 12.2 Å². The van der Waals surface area contributed by atoms with Crippen LogP contribution in [-0.2, 0) is 14.3 Å². The van der Waals surface area contributed by atoms with Crippen LogP contribution in [0.5, 0.6) is 0 Å². The highest BCUT2D eigenvalue weighted by Gasteiger charge is 2.36. The fourth-order valence-electron chi connectivity index (χ4n) is 1.62. The van der Waals surface area contributed by atoms with Crippen molar-refractivity contribution in [3.63, 3.8) is 0 Å². The topological polar surface area (TPSA) is 108 Å². The van der Waals surface area contributed by atoms with Gasteiger partial charge >= 0.3 is 0 Å². The third kappa shape index (κ3) is 4.57. The molecule has 0 bridgehead atoms. The number of nitrogens with one attached hydrogen (secondary N) is 1. The Balaban J connectivity index is 2.22. The second kappa shape index (κ2) is 7.57. The predicted molar refractivity (Wildman–Crippen MR) is 57.0 cm³/mol. The van der Waals surface area contributed by atoms with Gasteiger partial charge in [-0.25, -0.2) is 0 Å². The smallest absolute Gasteiger partial charge is 0.207 e. The molecule has 0 aromatic rings. The molecule has 0 radical (unpaired) electrons. The molecule has 1 aliphatic rings. The van der Waals surface area contributed by atoms with E-state index in [1.54, 1.807) is 0 Å². The lowest BCUT2D eigenvalue weighted by Gasteiger charge is -2.36. The zero-order valence-corrected chi connectivity index (χ0v) is 9.49. The van der Waals surface area contributed by atoms with Crippen molar-refractivity contribution < 1.29 is 29.6 Å². The van der Waals surface area contributed by atoms with Gasteiger partial charge < -0.3 is 30.1 Å². The second-order valence-corrected chi connectivity index (χ2v) is 3.88. The molecule has 1 rings (SSSR count). The molecular formula is C10H19NO6. The van der Waals surface area contributed by atoms with Gasteiger partial charge in [-0.1, -0.05) is 0 Å². The van der Waals surface area contributed by atoms with Crippen molar-refractivity contribution in [3.05, 3.63) is 0 Å². The van der Waals surface area contributed by atoms with Crippen LogP contribution in [0.1, 0.15) is 12.8 Å². The number of hydrogen-bond acceptors (Lipinski definition) is 6. The van der Waals surface area contributed by atoms with Crippen molar-refractivity contribution in [2.45, 2.75) is 37.4 Å². The molecule has 100 valence electrons. The summed E-state index contributed by atoms with van der Waals surface area (Å²) in [5.74, 6) is 0. The summed E-state index contributed by atoms with van der Waals surface area (Å²) in [5, 5.41) is 30.4. The summed E-state index contributed by atoms with van der Waals surface area (Å²) in [5.41, 5.74) is 0. The molecule has 4 unspecified atom stereocenters. The monoisotopic (exact) mass is 249 g/mol. The molecule has 17 heavy (non-hydrogen) atoms. The van der Waals surface area contributed by atoms with E-state index in [-0.39, 0.29) is 13.0 Å². The maximum Gasteiger partial charge on any atom is 0.207 e. The first-order valence-electron chi connectivity index (χ1n) is 5.60. The van der Waals surface area contributed by atoms with Crippen LogP contribution >= 0.6 is 0 Å². The van der Waals surface area contributed by atoms with Crippen LogP contribution < -0.4 is 5.32 Å². The lowest BCUT2D eigenvalue weighted by molar-refractivity contribution is -0.256. The summed E-state index contributed by atoms with van der Waals surface area (Å²) in [6, 6.07) is 0. The van der Waals surface area contributed by atoms with Crippen LogP contribution in [0, 0.1) is 0 Å². The maximum absolute atomic E-state index is 9.97. The molecule has 1 aliphatic heterocycles. The lowest BCUT2D eigenvalue weighted by atomic mass is 10.0. The Kier molecular flexibility index (Phi) is 6.38. The van der Waals surface area contributed by atoms with Gasteiger partial charge in [-0.15, -0.1) is 0 Å².